The van der Waals surface area contributed by atoms with Crippen molar-refractivity contribution in [2.24, 2.45) is 0 Å². The number of carboxylic acid groups (broad SMARTS) is 1. The molecule has 0 radical (unpaired) electrons. The number of rotatable bonds is 5. The zero-order valence-electron chi connectivity index (χ0n) is 11.1. The lowest BCUT2D eigenvalue weighted by Crippen LogP contribution is -2.48. The van der Waals surface area contributed by atoms with Crippen LogP contribution in [0, 0.1) is 0 Å². The van der Waals surface area contributed by atoms with E-state index in [4.69, 9.17) is 5.11 Å². The molecule has 110 valence electrons. The molecule has 2 rings (SSSR count). The Morgan fingerprint density at radius 3 is 2.85 bits per heavy atom. The van der Waals surface area contributed by atoms with Crippen LogP contribution in [0.15, 0.2) is 24.4 Å². The van der Waals surface area contributed by atoms with Crippen LogP contribution < -0.4 is 0 Å². The van der Waals surface area contributed by atoms with E-state index in [1.54, 1.807) is 24.4 Å². The van der Waals surface area contributed by atoms with Gasteiger partial charge in [-0.05, 0) is 31.4 Å². The predicted octanol–water partition coefficient (Wildman–Crippen LogP) is 0.893. The van der Waals surface area contributed by atoms with Gasteiger partial charge in [0.2, 0.25) is 10.0 Å². The van der Waals surface area contributed by atoms with Gasteiger partial charge >= 0.3 is 5.97 Å². The predicted molar refractivity (Wildman–Crippen MR) is 73.7 cm³/mol. The number of carbonyl (C=O) groups is 1. The smallest absolute Gasteiger partial charge is 0.322 e. The largest absolute Gasteiger partial charge is 0.480 e. The molecule has 0 aliphatic carbocycles. The molecule has 1 aliphatic heterocycles. The van der Waals surface area contributed by atoms with E-state index >= 15 is 0 Å². The van der Waals surface area contributed by atoms with Crippen molar-refractivity contribution in [1.82, 2.24) is 9.29 Å². The van der Waals surface area contributed by atoms with Gasteiger partial charge < -0.3 is 5.11 Å². The maximum absolute atomic E-state index is 12.3. The topological polar surface area (TPSA) is 87.6 Å². The molecule has 0 saturated carbocycles. The first-order valence-corrected chi connectivity index (χ1v) is 8.24. The van der Waals surface area contributed by atoms with E-state index in [1.807, 2.05) is 0 Å². The number of carboxylic acids is 1. The molecule has 6 nitrogen and oxygen atoms in total. The van der Waals surface area contributed by atoms with Crippen LogP contribution in [0.1, 0.15) is 25.0 Å². The van der Waals surface area contributed by atoms with Gasteiger partial charge in [0.1, 0.15) is 6.04 Å². The normalized spacial score (nSPS) is 20.7. The van der Waals surface area contributed by atoms with Gasteiger partial charge in [0.25, 0.3) is 0 Å². The SMILES string of the molecule is O=C(O)C1CCCCN1S(=O)(=O)CCc1ccccn1. The lowest BCUT2D eigenvalue weighted by molar-refractivity contribution is -0.142. The maximum atomic E-state index is 12.3. The van der Waals surface area contributed by atoms with Crippen molar-refractivity contribution in [3.63, 3.8) is 0 Å². The van der Waals surface area contributed by atoms with Gasteiger partial charge in [-0.25, -0.2) is 8.42 Å². The highest BCUT2D eigenvalue weighted by Gasteiger charge is 2.36. The molecule has 20 heavy (non-hydrogen) atoms. The molecule has 1 unspecified atom stereocenters. The minimum absolute atomic E-state index is 0.103. The molecule has 1 atom stereocenters. The van der Waals surface area contributed by atoms with Crippen molar-refractivity contribution in [2.45, 2.75) is 31.7 Å². The number of aromatic nitrogens is 1. The molecule has 1 aromatic rings. The molecule has 0 amide bonds. The van der Waals surface area contributed by atoms with Crippen LogP contribution in [0.2, 0.25) is 0 Å². The fourth-order valence-electron chi connectivity index (χ4n) is 2.38. The van der Waals surface area contributed by atoms with Gasteiger partial charge in [0, 0.05) is 24.9 Å². The van der Waals surface area contributed by atoms with Crippen molar-refractivity contribution in [2.75, 3.05) is 12.3 Å². The minimum atomic E-state index is -3.56. The summed E-state index contributed by atoms with van der Waals surface area (Å²) in [5.41, 5.74) is 0.694. The Hall–Kier alpha value is -1.47. The summed E-state index contributed by atoms with van der Waals surface area (Å²) in [7, 11) is -3.56. The highest BCUT2D eigenvalue weighted by atomic mass is 32.2. The molecule has 7 heteroatoms. The van der Waals surface area contributed by atoms with Crippen LogP contribution >= 0.6 is 0 Å². The lowest BCUT2D eigenvalue weighted by atomic mass is 10.1. The number of aliphatic carboxylic acids is 1. The molecule has 2 heterocycles. The van der Waals surface area contributed by atoms with Crippen molar-refractivity contribution < 1.29 is 18.3 Å². The second-order valence-corrected chi connectivity index (χ2v) is 6.89. The molecule has 0 bridgehead atoms. The van der Waals surface area contributed by atoms with Crippen molar-refractivity contribution in [3.05, 3.63) is 30.1 Å². The number of sulfonamides is 1. The van der Waals surface area contributed by atoms with Crippen molar-refractivity contribution in [1.29, 1.82) is 0 Å². The fourth-order valence-corrected chi connectivity index (χ4v) is 4.07. The summed E-state index contributed by atoms with van der Waals surface area (Å²) in [6, 6.07) is 4.41. The molecule has 0 spiro atoms. The zero-order chi connectivity index (χ0) is 14.6. The molecule has 1 aromatic heterocycles. The summed E-state index contributed by atoms with van der Waals surface area (Å²) >= 11 is 0. The number of pyridine rings is 1. The summed E-state index contributed by atoms with van der Waals surface area (Å²) < 4.78 is 25.8. The van der Waals surface area contributed by atoms with E-state index in [-0.39, 0.29) is 5.75 Å². The highest BCUT2D eigenvalue weighted by molar-refractivity contribution is 7.89. The number of nitrogens with zero attached hydrogens (tertiary/aromatic N) is 2. The Balaban J connectivity index is 2.06. The van der Waals surface area contributed by atoms with E-state index in [0.717, 1.165) is 10.7 Å². The van der Waals surface area contributed by atoms with Gasteiger partial charge in [-0.15, -0.1) is 0 Å². The van der Waals surface area contributed by atoms with Gasteiger partial charge in [0.15, 0.2) is 0 Å². The summed E-state index contributed by atoms with van der Waals surface area (Å²) in [6.45, 7) is 0.293. The second-order valence-electron chi connectivity index (χ2n) is 4.85. The molecule has 1 N–H and O–H groups in total. The second kappa shape index (κ2) is 6.32. The summed E-state index contributed by atoms with van der Waals surface area (Å²) in [5, 5.41) is 9.14. The standard InChI is InChI=1S/C13H18N2O4S/c16-13(17)12-6-2-4-9-15(12)20(18,19)10-7-11-5-1-3-8-14-11/h1,3,5,8,12H,2,4,6-7,9-10H2,(H,16,17). The number of hydrogen-bond donors (Lipinski definition) is 1. The first-order chi connectivity index (χ1) is 9.50. The average molecular weight is 298 g/mol. The Labute approximate surface area is 118 Å². The summed E-state index contributed by atoms with van der Waals surface area (Å²) in [6.07, 6.45) is 3.77. The van der Waals surface area contributed by atoms with Crippen LogP contribution in [-0.4, -0.2) is 47.1 Å². The maximum Gasteiger partial charge on any atom is 0.322 e. The monoisotopic (exact) mass is 298 g/mol. The van der Waals surface area contributed by atoms with Gasteiger partial charge in [-0.2, -0.15) is 4.31 Å². The van der Waals surface area contributed by atoms with E-state index in [9.17, 15) is 13.2 Å². The zero-order valence-corrected chi connectivity index (χ0v) is 11.9. The van der Waals surface area contributed by atoms with E-state index in [2.05, 4.69) is 4.98 Å². The first kappa shape index (κ1) is 14.9. The quantitative estimate of drug-likeness (QED) is 0.872. The van der Waals surface area contributed by atoms with Gasteiger partial charge in [0.05, 0.1) is 5.75 Å². The number of aryl methyl sites for hydroxylation is 1. The third-order valence-corrected chi connectivity index (χ3v) is 5.31. The van der Waals surface area contributed by atoms with Gasteiger partial charge in [-0.3, -0.25) is 9.78 Å². The first-order valence-electron chi connectivity index (χ1n) is 6.63. The van der Waals surface area contributed by atoms with Crippen molar-refractivity contribution >= 4 is 16.0 Å². The Morgan fingerprint density at radius 1 is 1.40 bits per heavy atom. The van der Waals surface area contributed by atoms with Crippen LogP contribution in [0.4, 0.5) is 0 Å². The van der Waals surface area contributed by atoms with Crippen molar-refractivity contribution in [3.8, 4) is 0 Å². The van der Waals surface area contributed by atoms with Crippen LogP contribution in [0.3, 0.4) is 0 Å². The molecular weight excluding hydrogens is 280 g/mol. The molecule has 1 saturated heterocycles. The van der Waals surface area contributed by atoms with Crippen LogP contribution in [0.25, 0.3) is 0 Å². The van der Waals surface area contributed by atoms with Crippen LogP contribution in [-0.2, 0) is 21.2 Å². The highest BCUT2D eigenvalue weighted by Crippen LogP contribution is 2.21. The number of hydrogen-bond acceptors (Lipinski definition) is 4. The van der Waals surface area contributed by atoms with Gasteiger partial charge in [-0.1, -0.05) is 6.07 Å². The lowest BCUT2D eigenvalue weighted by Gasteiger charge is -2.31. The van der Waals surface area contributed by atoms with E-state index < -0.39 is 22.0 Å². The Kier molecular flexibility index (Phi) is 4.72. The average Bonchev–Trinajstić information content (AvgIpc) is 2.46. The molecule has 1 fully saturated rings. The van der Waals surface area contributed by atoms with E-state index in [0.29, 0.717) is 31.5 Å². The summed E-state index contributed by atoms with van der Waals surface area (Å²) in [5.74, 6) is -1.17. The third-order valence-electron chi connectivity index (χ3n) is 3.44. The Bertz CT molecular complexity index is 559. The van der Waals surface area contributed by atoms with Crippen LogP contribution in [0.5, 0.6) is 0 Å². The Morgan fingerprint density at radius 2 is 2.20 bits per heavy atom. The molecular formula is C13H18N2O4S. The van der Waals surface area contributed by atoms with E-state index in [1.165, 1.54) is 0 Å². The fraction of sp³-hybridized carbons (Fsp3) is 0.538. The third kappa shape index (κ3) is 3.55. The summed E-state index contributed by atoms with van der Waals surface area (Å²) in [4.78, 5) is 15.2. The number of piperidine rings is 1. The minimum Gasteiger partial charge on any atom is -0.480 e. The molecule has 1 aliphatic rings. The molecule has 0 aromatic carbocycles.